The van der Waals surface area contributed by atoms with Gasteiger partial charge in [-0.2, -0.15) is 5.10 Å². The molecule has 0 spiro atoms. The summed E-state index contributed by atoms with van der Waals surface area (Å²) in [4.78, 5) is 10.7. The molecule has 1 heterocycles. The van der Waals surface area contributed by atoms with E-state index < -0.39 is 5.97 Å². The van der Waals surface area contributed by atoms with Crippen LogP contribution in [0.1, 0.15) is 35.7 Å². The van der Waals surface area contributed by atoms with Crippen LogP contribution in [0.15, 0.2) is 10.8 Å². The van der Waals surface area contributed by atoms with E-state index in [0.29, 0.717) is 10.6 Å². The standard InChI is InChI=1S/C8H9BrN2O2/c9-7-6(8(12)13)4-10-11(7)5-2-1-3-5/h4-5H,1-3H2,(H,12,13). The van der Waals surface area contributed by atoms with Crippen LogP contribution < -0.4 is 0 Å². The molecule has 0 amide bonds. The Bertz CT molecular complexity index is 344. The minimum Gasteiger partial charge on any atom is -0.478 e. The Morgan fingerprint density at radius 1 is 1.69 bits per heavy atom. The molecule has 5 heteroatoms. The molecular weight excluding hydrogens is 236 g/mol. The van der Waals surface area contributed by atoms with E-state index >= 15 is 0 Å². The van der Waals surface area contributed by atoms with Crippen LogP contribution in [0.2, 0.25) is 0 Å². The number of hydrogen-bond donors (Lipinski definition) is 1. The molecule has 1 aromatic rings. The SMILES string of the molecule is O=C(O)c1cnn(C2CCC2)c1Br. The minimum atomic E-state index is -0.933. The number of aromatic nitrogens is 2. The topological polar surface area (TPSA) is 55.1 Å². The Morgan fingerprint density at radius 3 is 2.77 bits per heavy atom. The molecule has 0 unspecified atom stereocenters. The second-order valence-electron chi connectivity index (χ2n) is 3.18. The molecule has 1 aliphatic carbocycles. The van der Waals surface area contributed by atoms with Crippen LogP contribution in [-0.4, -0.2) is 20.9 Å². The lowest BCUT2D eigenvalue weighted by atomic mass is 9.93. The van der Waals surface area contributed by atoms with Crippen molar-refractivity contribution in [2.45, 2.75) is 25.3 Å². The van der Waals surface area contributed by atoms with Gasteiger partial charge >= 0.3 is 5.97 Å². The van der Waals surface area contributed by atoms with Crippen molar-refractivity contribution in [2.75, 3.05) is 0 Å². The third-order valence-corrected chi connectivity index (χ3v) is 3.18. The number of carboxylic acids is 1. The maximum Gasteiger partial charge on any atom is 0.340 e. The molecule has 1 N–H and O–H groups in total. The zero-order chi connectivity index (χ0) is 9.42. The van der Waals surface area contributed by atoms with Crippen LogP contribution in [0.4, 0.5) is 0 Å². The minimum absolute atomic E-state index is 0.242. The van der Waals surface area contributed by atoms with Crippen LogP contribution in [0.5, 0.6) is 0 Å². The van der Waals surface area contributed by atoms with Gasteiger partial charge in [-0.1, -0.05) is 0 Å². The number of halogens is 1. The normalized spacial score (nSPS) is 17.0. The van der Waals surface area contributed by atoms with E-state index in [1.807, 2.05) is 0 Å². The van der Waals surface area contributed by atoms with E-state index in [1.54, 1.807) is 4.68 Å². The largest absolute Gasteiger partial charge is 0.478 e. The predicted molar refractivity (Wildman–Crippen MR) is 49.8 cm³/mol. The number of carbonyl (C=O) groups is 1. The van der Waals surface area contributed by atoms with Crippen molar-refractivity contribution >= 4 is 21.9 Å². The lowest BCUT2D eigenvalue weighted by Gasteiger charge is -2.26. The summed E-state index contributed by atoms with van der Waals surface area (Å²) in [6.07, 6.45) is 4.79. The lowest BCUT2D eigenvalue weighted by Crippen LogP contribution is -2.18. The van der Waals surface area contributed by atoms with E-state index in [-0.39, 0.29) is 5.56 Å². The fraction of sp³-hybridized carbons (Fsp3) is 0.500. The Balaban J connectivity index is 2.32. The summed E-state index contributed by atoms with van der Waals surface area (Å²) in [6.45, 7) is 0. The number of aromatic carboxylic acids is 1. The first-order valence-electron chi connectivity index (χ1n) is 4.16. The van der Waals surface area contributed by atoms with Crippen molar-refractivity contribution < 1.29 is 9.90 Å². The maximum absolute atomic E-state index is 10.7. The average Bonchev–Trinajstić information content (AvgIpc) is 2.29. The van der Waals surface area contributed by atoms with Crippen LogP contribution in [0.3, 0.4) is 0 Å². The maximum atomic E-state index is 10.7. The lowest BCUT2D eigenvalue weighted by molar-refractivity contribution is 0.0695. The average molecular weight is 245 g/mol. The van der Waals surface area contributed by atoms with Gasteiger partial charge in [-0.25, -0.2) is 4.79 Å². The van der Waals surface area contributed by atoms with E-state index in [2.05, 4.69) is 21.0 Å². The Hall–Kier alpha value is -0.840. The summed E-state index contributed by atoms with van der Waals surface area (Å²) in [5, 5.41) is 12.8. The Kier molecular flexibility index (Phi) is 2.11. The van der Waals surface area contributed by atoms with Crippen LogP contribution in [0, 0.1) is 0 Å². The molecule has 1 aliphatic rings. The quantitative estimate of drug-likeness (QED) is 0.867. The molecule has 0 atom stereocenters. The van der Waals surface area contributed by atoms with Crippen molar-refractivity contribution in [2.24, 2.45) is 0 Å². The molecule has 13 heavy (non-hydrogen) atoms. The van der Waals surface area contributed by atoms with Gasteiger partial charge in [0.2, 0.25) is 0 Å². The molecule has 1 saturated carbocycles. The number of hydrogen-bond acceptors (Lipinski definition) is 2. The highest BCUT2D eigenvalue weighted by Gasteiger charge is 2.24. The van der Waals surface area contributed by atoms with Crippen LogP contribution in [0.25, 0.3) is 0 Å². The monoisotopic (exact) mass is 244 g/mol. The van der Waals surface area contributed by atoms with Crippen LogP contribution in [-0.2, 0) is 0 Å². The fourth-order valence-electron chi connectivity index (χ4n) is 1.38. The second-order valence-corrected chi connectivity index (χ2v) is 3.93. The number of carboxylic acid groups (broad SMARTS) is 1. The molecule has 2 rings (SSSR count). The Labute approximate surface area is 83.7 Å². The van der Waals surface area contributed by atoms with Gasteiger partial charge < -0.3 is 5.11 Å². The summed E-state index contributed by atoms with van der Waals surface area (Å²) < 4.78 is 2.34. The van der Waals surface area contributed by atoms with Gasteiger partial charge in [-0.15, -0.1) is 0 Å². The van der Waals surface area contributed by atoms with E-state index in [4.69, 9.17) is 5.11 Å². The molecule has 1 aromatic heterocycles. The van der Waals surface area contributed by atoms with Gasteiger partial charge in [0.25, 0.3) is 0 Å². The van der Waals surface area contributed by atoms with Crippen molar-refractivity contribution in [1.29, 1.82) is 0 Å². The van der Waals surface area contributed by atoms with Crippen molar-refractivity contribution in [3.63, 3.8) is 0 Å². The van der Waals surface area contributed by atoms with Gasteiger partial charge in [0.05, 0.1) is 12.2 Å². The van der Waals surface area contributed by atoms with Gasteiger partial charge in [-0.3, -0.25) is 4.68 Å². The van der Waals surface area contributed by atoms with Crippen molar-refractivity contribution in [3.8, 4) is 0 Å². The predicted octanol–water partition coefficient (Wildman–Crippen LogP) is 2.07. The molecule has 1 fully saturated rings. The number of nitrogens with zero attached hydrogens (tertiary/aromatic N) is 2. The summed E-state index contributed by atoms with van der Waals surface area (Å²) in [5.41, 5.74) is 0.242. The second kappa shape index (κ2) is 3.14. The fourth-order valence-corrected chi connectivity index (χ4v) is 2.03. The summed E-state index contributed by atoms with van der Waals surface area (Å²) in [7, 11) is 0. The molecule has 0 aliphatic heterocycles. The zero-order valence-corrected chi connectivity index (χ0v) is 8.49. The van der Waals surface area contributed by atoms with Gasteiger partial charge in [0.1, 0.15) is 10.2 Å². The molecule has 0 saturated heterocycles. The molecule has 4 nitrogen and oxygen atoms in total. The molecule has 0 radical (unpaired) electrons. The van der Waals surface area contributed by atoms with E-state index in [9.17, 15) is 4.79 Å². The van der Waals surface area contributed by atoms with E-state index in [0.717, 1.165) is 12.8 Å². The number of rotatable bonds is 2. The summed E-state index contributed by atoms with van der Waals surface area (Å²) >= 11 is 3.25. The van der Waals surface area contributed by atoms with Crippen molar-refractivity contribution in [1.82, 2.24) is 9.78 Å². The van der Waals surface area contributed by atoms with Crippen molar-refractivity contribution in [3.05, 3.63) is 16.4 Å². The molecule has 0 aromatic carbocycles. The summed E-state index contributed by atoms with van der Waals surface area (Å²) in [5.74, 6) is -0.933. The highest BCUT2D eigenvalue weighted by Crippen LogP contribution is 2.34. The first-order valence-corrected chi connectivity index (χ1v) is 4.95. The molecular formula is C8H9BrN2O2. The Morgan fingerprint density at radius 2 is 2.38 bits per heavy atom. The third kappa shape index (κ3) is 1.37. The highest BCUT2D eigenvalue weighted by atomic mass is 79.9. The molecule has 0 bridgehead atoms. The highest BCUT2D eigenvalue weighted by molar-refractivity contribution is 9.10. The first-order chi connectivity index (χ1) is 6.20. The van der Waals surface area contributed by atoms with Gasteiger partial charge in [0.15, 0.2) is 0 Å². The zero-order valence-electron chi connectivity index (χ0n) is 6.90. The third-order valence-electron chi connectivity index (χ3n) is 2.39. The first kappa shape index (κ1) is 8.74. The van der Waals surface area contributed by atoms with Gasteiger partial charge in [-0.05, 0) is 35.2 Å². The van der Waals surface area contributed by atoms with E-state index in [1.165, 1.54) is 12.6 Å². The summed E-state index contributed by atoms with van der Waals surface area (Å²) in [6, 6.07) is 0.391. The smallest absolute Gasteiger partial charge is 0.340 e. The molecule has 70 valence electrons. The van der Waals surface area contributed by atoms with Crippen LogP contribution >= 0.6 is 15.9 Å². The van der Waals surface area contributed by atoms with Gasteiger partial charge in [0, 0.05) is 0 Å².